The van der Waals surface area contributed by atoms with E-state index in [1.807, 2.05) is 13.8 Å². The fourth-order valence-corrected chi connectivity index (χ4v) is 12.2. The number of rotatable bonds is 4. The monoisotopic (exact) mass is 600 g/mol. The van der Waals surface area contributed by atoms with E-state index in [9.17, 15) is 26.4 Å². The number of carbonyl (C=O) groups excluding carboxylic acids is 1. The van der Waals surface area contributed by atoms with Crippen LogP contribution in [-0.2, 0) is 23.8 Å². The number of allylic oxidation sites excluding steroid dienone is 3. The predicted molar refractivity (Wildman–Crippen MR) is 151 cm³/mol. The minimum atomic E-state index is -5.74. The van der Waals surface area contributed by atoms with Crippen molar-refractivity contribution in [3.05, 3.63) is 24.0 Å². The zero-order chi connectivity index (χ0) is 30.6. The van der Waals surface area contributed by atoms with Crippen LogP contribution < -0.4 is 0 Å². The predicted octanol–water partition coefficient (Wildman–Crippen LogP) is 8.18. The van der Waals surface area contributed by atoms with Crippen LogP contribution in [0.15, 0.2) is 24.0 Å². The smallest absolute Gasteiger partial charge is 0.469 e. The molecule has 0 aromatic rings. The molecule has 0 bridgehead atoms. The first kappa shape index (κ1) is 30.9. The molecule has 0 saturated heterocycles. The SMILES string of the molecule is C=C(C)[C@@H]1CC[C@]2(C(=O)OC)CC[C@]3(C)[C@H](CCC4[C@@]5(C)CC=C(OS(=O)(=O)C(F)(F)F)C(C)(C)[C@@H]5CC[C@]43C)[C@@H]12. The van der Waals surface area contributed by atoms with Crippen LogP contribution in [-0.4, -0.2) is 27.0 Å². The number of halogens is 3. The summed E-state index contributed by atoms with van der Waals surface area (Å²) in [6.07, 6.45) is 9.31. The Bertz CT molecular complexity index is 1270. The van der Waals surface area contributed by atoms with Crippen LogP contribution in [0.5, 0.6) is 0 Å². The Morgan fingerprint density at radius 2 is 1.61 bits per heavy atom. The van der Waals surface area contributed by atoms with Gasteiger partial charge in [-0.05, 0) is 117 Å². The summed E-state index contributed by atoms with van der Waals surface area (Å²) in [6, 6.07) is 0. The largest absolute Gasteiger partial charge is 0.534 e. The third kappa shape index (κ3) is 3.98. The molecule has 4 fully saturated rings. The molecular weight excluding hydrogens is 553 g/mol. The highest BCUT2D eigenvalue weighted by Crippen LogP contribution is 2.77. The van der Waals surface area contributed by atoms with Gasteiger partial charge in [0.25, 0.3) is 0 Å². The Labute approximate surface area is 243 Å². The van der Waals surface area contributed by atoms with Crippen LogP contribution in [0, 0.1) is 56.7 Å². The minimum absolute atomic E-state index is 0.0195. The Morgan fingerprint density at radius 1 is 0.951 bits per heavy atom. The molecule has 0 amide bonds. The van der Waals surface area contributed by atoms with E-state index in [1.54, 1.807) is 6.08 Å². The Kier molecular flexibility index (Phi) is 6.98. The van der Waals surface area contributed by atoms with E-state index < -0.39 is 26.5 Å². The van der Waals surface area contributed by atoms with Crippen molar-refractivity contribution < 1.29 is 35.3 Å². The van der Waals surface area contributed by atoms with E-state index in [1.165, 1.54) is 7.11 Å². The molecule has 41 heavy (non-hydrogen) atoms. The molecule has 0 radical (unpaired) electrons. The van der Waals surface area contributed by atoms with Crippen LogP contribution in [0.1, 0.15) is 99.3 Å². The van der Waals surface area contributed by atoms with Gasteiger partial charge in [0.05, 0.1) is 12.5 Å². The summed E-state index contributed by atoms with van der Waals surface area (Å²) in [5, 5.41) is 0. The molecule has 5 aliphatic carbocycles. The summed E-state index contributed by atoms with van der Waals surface area (Å²) in [5.74, 6) is 0.963. The van der Waals surface area contributed by atoms with Crippen LogP contribution in [0.4, 0.5) is 13.2 Å². The highest BCUT2D eigenvalue weighted by Gasteiger charge is 2.72. The van der Waals surface area contributed by atoms with Gasteiger partial charge in [-0.2, -0.15) is 21.6 Å². The lowest BCUT2D eigenvalue weighted by molar-refractivity contribution is -0.231. The molecule has 0 N–H and O–H groups in total. The fourth-order valence-electron chi connectivity index (χ4n) is 11.6. The maximum absolute atomic E-state index is 13.4. The Balaban J connectivity index is 1.52. The highest BCUT2D eigenvalue weighted by molar-refractivity contribution is 7.87. The van der Waals surface area contributed by atoms with Crippen LogP contribution in [0.25, 0.3) is 0 Å². The van der Waals surface area contributed by atoms with Crippen molar-refractivity contribution in [1.29, 1.82) is 0 Å². The number of ether oxygens (including phenoxy) is 1. The van der Waals surface area contributed by atoms with E-state index in [4.69, 9.17) is 8.92 Å². The van der Waals surface area contributed by atoms with Gasteiger partial charge in [0.1, 0.15) is 5.76 Å². The van der Waals surface area contributed by atoms with Crippen molar-refractivity contribution in [3.63, 3.8) is 0 Å². The first-order valence-corrected chi connectivity index (χ1v) is 16.6. The van der Waals surface area contributed by atoms with Gasteiger partial charge >= 0.3 is 21.6 Å². The van der Waals surface area contributed by atoms with Crippen molar-refractivity contribution in [1.82, 2.24) is 0 Å². The molecule has 9 atom stereocenters. The van der Waals surface area contributed by atoms with Gasteiger partial charge in [0, 0.05) is 5.41 Å². The first-order valence-electron chi connectivity index (χ1n) is 15.2. The second kappa shape index (κ2) is 9.25. The molecular formula is C32H47F3O5S. The standard InChI is InChI=1S/C32H47F3O5S/c1-19(2)20-11-16-31(26(36)39-8)18-17-29(6)21(25(20)31)9-10-23-28(5)14-13-24(40-41(37,38)32(33,34)35)27(3,4)22(28)12-15-30(23,29)7/h13,20-23,25H,1,9-12,14-18H2,2-8H3/t20-,21+,22-,23?,25+,28-,29+,30+,31-/m0/s1. The van der Waals surface area contributed by atoms with E-state index in [2.05, 4.69) is 34.3 Å². The molecule has 5 nitrogen and oxygen atoms in total. The zero-order valence-electron chi connectivity index (χ0n) is 25.6. The topological polar surface area (TPSA) is 69.7 Å². The van der Waals surface area contributed by atoms with Gasteiger partial charge < -0.3 is 8.92 Å². The summed E-state index contributed by atoms with van der Waals surface area (Å²) in [6.45, 7) is 17.3. The van der Waals surface area contributed by atoms with Gasteiger partial charge in [-0.25, -0.2) is 0 Å². The first-order chi connectivity index (χ1) is 18.7. The molecule has 0 spiro atoms. The van der Waals surface area contributed by atoms with Gasteiger partial charge in [-0.1, -0.05) is 46.8 Å². The van der Waals surface area contributed by atoms with E-state index in [0.29, 0.717) is 18.3 Å². The number of alkyl halides is 3. The quantitative estimate of drug-likeness (QED) is 0.141. The normalized spacial score (nSPS) is 45.3. The minimum Gasteiger partial charge on any atom is -0.469 e. The van der Waals surface area contributed by atoms with Gasteiger partial charge in [0.15, 0.2) is 0 Å². The van der Waals surface area contributed by atoms with Crippen LogP contribution >= 0.6 is 0 Å². The number of fused-ring (bicyclic) bond motifs is 7. The van der Waals surface area contributed by atoms with Crippen molar-refractivity contribution >= 4 is 16.1 Å². The number of hydrogen-bond donors (Lipinski definition) is 0. The molecule has 232 valence electrons. The number of esters is 1. The fraction of sp³-hybridized carbons (Fsp3) is 0.844. The van der Waals surface area contributed by atoms with Crippen LogP contribution in [0.2, 0.25) is 0 Å². The summed E-state index contributed by atoms with van der Waals surface area (Å²) in [7, 11) is -4.23. The molecule has 9 heteroatoms. The number of methoxy groups -OCH3 is 1. The molecule has 1 unspecified atom stereocenters. The van der Waals surface area contributed by atoms with Gasteiger partial charge in [-0.3, -0.25) is 4.79 Å². The molecule has 5 rings (SSSR count). The number of hydrogen-bond acceptors (Lipinski definition) is 5. The van der Waals surface area contributed by atoms with Crippen molar-refractivity contribution in [2.75, 3.05) is 7.11 Å². The highest BCUT2D eigenvalue weighted by atomic mass is 32.2. The average molecular weight is 601 g/mol. The van der Waals surface area contributed by atoms with Crippen LogP contribution in [0.3, 0.4) is 0 Å². The van der Waals surface area contributed by atoms with Crippen molar-refractivity contribution in [3.8, 4) is 0 Å². The Hall–Kier alpha value is -1.51. The third-order valence-electron chi connectivity index (χ3n) is 13.6. The summed E-state index contributed by atoms with van der Waals surface area (Å²) in [4.78, 5) is 13.4. The van der Waals surface area contributed by atoms with Crippen molar-refractivity contribution in [2.45, 2.75) is 105 Å². The lowest BCUT2D eigenvalue weighted by Crippen LogP contribution is -2.66. The zero-order valence-corrected chi connectivity index (χ0v) is 26.4. The molecule has 0 aromatic carbocycles. The Morgan fingerprint density at radius 3 is 2.20 bits per heavy atom. The second-order valence-corrected chi connectivity index (χ2v) is 16.8. The van der Waals surface area contributed by atoms with E-state index >= 15 is 0 Å². The summed E-state index contributed by atoms with van der Waals surface area (Å²) in [5.41, 5.74) is -5.93. The lowest BCUT2D eigenvalue weighted by atomic mass is 9.32. The molecule has 0 heterocycles. The molecule has 0 aliphatic heterocycles. The second-order valence-electron chi connectivity index (χ2n) is 15.3. The third-order valence-corrected chi connectivity index (χ3v) is 14.6. The van der Waals surface area contributed by atoms with Gasteiger partial charge in [-0.15, -0.1) is 0 Å². The van der Waals surface area contributed by atoms with Gasteiger partial charge in [0.2, 0.25) is 0 Å². The molecule has 0 aromatic heterocycles. The summed E-state index contributed by atoms with van der Waals surface area (Å²) >= 11 is 0. The maximum Gasteiger partial charge on any atom is 0.534 e. The maximum atomic E-state index is 13.4. The van der Waals surface area contributed by atoms with Crippen molar-refractivity contribution in [2.24, 2.45) is 56.7 Å². The summed E-state index contributed by atoms with van der Waals surface area (Å²) < 4.78 is 73.8. The molecule has 4 saturated carbocycles. The number of carbonyl (C=O) groups is 1. The molecule has 5 aliphatic rings. The lowest BCUT2D eigenvalue weighted by Gasteiger charge is -2.72. The average Bonchev–Trinajstić information content (AvgIpc) is 3.26. The van der Waals surface area contributed by atoms with E-state index in [0.717, 1.165) is 56.9 Å². The van der Waals surface area contributed by atoms with E-state index in [-0.39, 0.29) is 45.7 Å².